The molecule has 0 bridgehead atoms. The number of rotatable bonds is 5. The van der Waals surface area contributed by atoms with Gasteiger partial charge in [0, 0.05) is 15.2 Å². The van der Waals surface area contributed by atoms with Crippen LogP contribution in [0.4, 0.5) is 5.69 Å². The lowest BCUT2D eigenvalue weighted by molar-refractivity contribution is 0.595. The summed E-state index contributed by atoms with van der Waals surface area (Å²) in [6.45, 7) is 1.61. The monoisotopic (exact) mass is 499 g/mol. The van der Waals surface area contributed by atoms with Crippen LogP contribution >= 0.6 is 27.5 Å². The van der Waals surface area contributed by atoms with E-state index >= 15 is 0 Å². The normalized spacial score (nSPS) is 12.0. The van der Waals surface area contributed by atoms with Gasteiger partial charge in [0.2, 0.25) is 9.84 Å². The minimum absolute atomic E-state index is 0.0324. The number of aryl methyl sites for hydroxylation is 1. The summed E-state index contributed by atoms with van der Waals surface area (Å²) in [6.07, 6.45) is 0. The maximum atomic E-state index is 12.9. The first-order valence-corrected chi connectivity index (χ1v) is 12.1. The van der Waals surface area contributed by atoms with Gasteiger partial charge in [0.15, 0.2) is 0 Å². The first kappa shape index (κ1) is 20.9. The first-order valence-electron chi connectivity index (χ1n) is 7.99. The molecule has 5 nitrogen and oxygen atoms in total. The summed E-state index contributed by atoms with van der Waals surface area (Å²) < 4.78 is 54.7. The van der Waals surface area contributed by atoms with Crippen LogP contribution in [0.2, 0.25) is 5.02 Å². The zero-order valence-corrected chi connectivity index (χ0v) is 18.5. The van der Waals surface area contributed by atoms with Gasteiger partial charge in [-0.3, -0.25) is 4.72 Å². The van der Waals surface area contributed by atoms with Crippen LogP contribution in [-0.2, 0) is 19.9 Å². The summed E-state index contributed by atoms with van der Waals surface area (Å²) in [4.78, 5) is -0.188. The quantitative estimate of drug-likeness (QED) is 0.532. The molecule has 1 N–H and O–H groups in total. The van der Waals surface area contributed by atoms with E-state index in [1.165, 1.54) is 42.5 Å². The number of benzene rings is 3. The van der Waals surface area contributed by atoms with E-state index in [4.69, 9.17) is 11.6 Å². The second-order valence-electron chi connectivity index (χ2n) is 6.00. The van der Waals surface area contributed by atoms with Gasteiger partial charge in [-0.25, -0.2) is 16.8 Å². The van der Waals surface area contributed by atoms with Crippen molar-refractivity contribution >= 4 is 53.1 Å². The predicted octanol–water partition coefficient (Wildman–Crippen LogP) is 5.04. The molecule has 0 aromatic heterocycles. The fourth-order valence-electron chi connectivity index (χ4n) is 2.51. The molecule has 0 saturated carbocycles. The third-order valence-electron chi connectivity index (χ3n) is 3.98. The minimum Gasteiger partial charge on any atom is -0.280 e. The SMILES string of the molecule is Cc1ccc(S(=O)(=O)c2ccc(Cl)cc2)cc1S(=O)(=O)Nc1ccc(Br)cc1. The van der Waals surface area contributed by atoms with Crippen LogP contribution in [0.1, 0.15) is 5.56 Å². The molecule has 0 radical (unpaired) electrons. The molecule has 9 heteroatoms. The average molecular weight is 501 g/mol. The lowest BCUT2D eigenvalue weighted by Crippen LogP contribution is -2.15. The van der Waals surface area contributed by atoms with Crippen LogP contribution in [-0.4, -0.2) is 16.8 Å². The Morgan fingerprint density at radius 3 is 2.00 bits per heavy atom. The zero-order valence-electron chi connectivity index (χ0n) is 14.6. The highest BCUT2D eigenvalue weighted by molar-refractivity contribution is 9.10. The Bertz CT molecular complexity index is 1220. The molecule has 3 rings (SSSR count). The molecule has 0 saturated heterocycles. The molecule has 0 heterocycles. The number of halogens is 2. The van der Waals surface area contributed by atoms with E-state index in [1.807, 2.05) is 0 Å². The number of hydrogen-bond donors (Lipinski definition) is 1. The summed E-state index contributed by atoms with van der Waals surface area (Å²) in [5, 5.41) is 0.407. The molecular formula is C19H15BrClNO4S2. The topological polar surface area (TPSA) is 80.3 Å². The summed E-state index contributed by atoms with van der Waals surface area (Å²) in [5.74, 6) is 0. The highest BCUT2D eigenvalue weighted by atomic mass is 79.9. The number of sulfone groups is 1. The maximum absolute atomic E-state index is 12.9. The molecule has 0 fully saturated rings. The van der Waals surface area contributed by atoms with Gasteiger partial charge in [-0.15, -0.1) is 0 Å². The summed E-state index contributed by atoms with van der Waals surface area (Å²) in [7, 11) is -7.87. The predicted molar refractivity (Wildman–Crippen MR) is 113 cm³/mol. The number of sulfonamides is 1. The Balaban J connectivity index is 2.03. The Morgan fingerprint density at radius 1 is 0.821 bits per heavy atom. The van der Waals surface area contributed by atoms with E-state index in [2.05, 4.69) is 20.7 Å². The highest BCUT2D eigenvalue weighted by Crippen LogP contribution is 2.27. The molecule has 0 atom stereocenters. The Morgan fingerprint density at radius 2 is 1.39 bits per heavy atom. The van der Waals surface area contributed by atoms with E-state index in [-0.39, 0.29) is 14.7 Å². The molecular weight excluding hydrogens is 486 g/mol. The maximum Gasteiger partial charge on any atom is 0.262 e. The summed E-state index contributed by atoms with van der Waals surface area (Å²) in [6, 6.07) is 16.3. The van der Waals surface area contributed by atoms with Crippen molar-refractivity contribution in [2.45, 2.75) is 21.6 Å². The molecule has 146 valence electrons. The lowest BCUT2D eigenvalue weighted by atomic mass is 10.2. The van der Waals surface area contributed by atoms with Gasteiger partial charge in [0.25, 0.3) is 10.0 Å². The third kappa shape index (κ3) is 4.41. The van der Waals surface area contributed by atoms with Crippen LogP contribution < -0.4 is 4.72 Å². The standard InChI is InChI=1S/C19H15BrClNO4S2/c1-13-2-9-18(27(23,24)17-10-5-15(21)6-11-17)12-19(13)28(25,26)22-16-7-3-14(20)4-8-16/h2-12,22H,1H3. The Kier molecular flexibility index (Phi) is 5.86. The smallest absolute Gasteiger partial charge is 0.262 e. The second-order valence-corrected chi connectivity index (χ2v) is 10.9. The van der Waals surface area contributed by atoms with E-state index in [0.717, 1.165) is 4.47 Å². The van der Waals surface area contributed by atoms with Crippen molar-refractivity contribution in [3.8, 4) is 0 Å². The Labute approximate surface area is 177 Å². The van der Waals surface area contributed by atoms with E-state index in [0.29, 0.717) is 16.3 Å². The van der Waals surface area contributed by atoms with Crippen LogP contribution in [0.15, 0.2) is 85.9 Å². The van der Waals surface area contributed by atoms with Crippen LogP contribution in [0.25, 0.3) is 0 Å². The van der Waals surface area contributed by atoms with Crippen molar-refractivity contribution in [3.05, 3.63) is 81.8 Å². The van der Waals surface area contributed by atoms with E-state index < -0.39 is 19.9 Å². The molecule has 0 aliphatic rings. The number of anilines is 1. The Hall–Kier alpha value is -1.87. The van der Waals surface area contributed by atoms with E-state index in [1.54, 1.807) is 31.2 Å². The van der Waals surface area contributed by atoms with Crippen LogP contribution in [0.3, 0.4) is 0 Å². The fourth-order valence-corrected chi connectivity index (χ4v) is 5.60. The summed E-state index contributed by atoms with van der Waals surface area (Å²) >= 11 is 9.10. The molecule has 0 spiro atoms. The van der Waals surface area contributed by atoms with Crippen molar-refractivity contribution in [3.63, 3.8) is 0 Å². The van der Waals surface area contributed by atoms with Crippen molar-refractivity contribution in [1.29, 1.82) is 0 Å². The van der Waals surface area contributed by atoms with Crippen LogP contribution in [0.5, 0.6) is 0 Å². The zero-order chi connectivity index (χ0) is 20.5. The van der Waals surface area contributed by atoms with Crippen LogP contribution in [0, 0.1) is 6.92 Å². The molecule has 3 aromatic carbocycles. The molecule has 0 amide bonds. The van der Waals surface area contributed by atoms with Gasteiger partial charge in [-0.2, -0.15) is 0 Å². The molecule has 0 aliphatic carbocycles. The molecule has 0 unspecified atom stereocenters. The first-order chi connectivity index (χ1) is 13.1. The van der Waals surface area contributed by atoms with Gasteiger partial charge in [-0.1, -0.05) is 33.6 Å². The molecule has 0 aliphatic heterocycles. The van der Waals surface area contributed by atoms with Gasteiger partial charge in [0.1, 0.15) is 0 Å². The van der Waals surface area contributed by atoms with Crippen molar-refractivity contribution in [2.24, 2.45) is 0 Å². The largest absolute Gasteiger partial charge is 0.280 e. The number of nitrogens with one attached hydrogen (secondary N) is 1. The molecule has 28 heavy (non-hydrogen) atoms. The average Bonchev–Trinajstić information content (AvgIpc) is 2.64. The second kappa shape index (κ2) is 7.87. The van der Waals surface area contributed by atoms with Gasteiger partial charge in [0.05, 0.1) is 14.7 Å². The van der Waals surface area contributed by atoms with Crippen molar-refractivity contribution in [1.82, 2.24) is 0 Å². The third-order valence-corrected chi connectivity index (χ3v) is 8.05. The van der Waals surface area contributed by atoms with Crippen molar-refractivity contribution < 1.29 is 16.8 Å². The number of hydrogen-bond acceptors (Lipinski definition) is 4. The summed E-state index contributed by atoms with van der Waals surface area (Å²) in [5.41, 5.74) is 0.799. The van der Waals surface area contributed by atoms with Gasteiger partial charge < -0.3 is 0 Å². The fraction of sp³-hybridized carbons (Fsp3) is 0.0526. The molecule has 3 aromatic rings. The minimum atomic E-state index is -3.98. The van der Waals surface area contributed by atoms with Gasteiger partial charge in [-0.05, 0) is 73.2 Å². The highest BCUT2D eigenvalue weighted by Gasteiger charge is 2.23. The van der Waals surface area contributed by atoms with Gasteiger partial charge >= 0.3 is 0 Å². The van der Waals surface area contributed by atoms with E-state index in [9.17, 15) is 16.8 Å². The van der Waals surface area contributed by atoms with Crippen molar-refractivity contribution in [2.75, 3.05) is 4.72 Å². The lowest BCUT2D eigenvalue weighted by Gasteiger charge is -2.13.